The van der Waals surface area contributed by atoms with Gasteiger partial charge in [-0.15, -0.1) is 11.6 Å². The Kier molecular flexibility index (Phi) is 1.44. The Morgan fingerprint density at radius 2 is 2.00 bits per heavy atom. The summed E-state index contributed by atoms with van der Waals surface area (Å²) in [5, 5.41) is 3.12. The SMILES string of the molecule is O=N[C@H]1[C@@H]2CC[C@@H](C2)[C@H]1Cl. The predicted octanol–water partition coefficient (Wildman–Crippen LogP) is 2.16. The highest BCUT2D eigenvalue weighted by atomic mass is 35.5. The number of fused-ring (bicyclic) bond motifs is 2. The lowest BCUT2D eigenvalue weighted by Crippen LogP contribution is -2.25. The van der Waals surface area contributed by atoms with E-state index in [1.165, 1.54) is 12.8 Å². The van der Waals surface area contributed by atoms with Crippen LogP contribution in [0.3, 0.4) is 0 Å². The van der Waals surface area contributed by atoms with Crippen LogP contribution < -0.4 is 0 Å². The molecule has 2 rings (SSSR count). The third kappa shape index (κ3) is 0.715. The smallest absolute Gasteiger partial charge is 0.111 e. The normalized spacial score (nSPS) is 51.7. The maximum Gasteiger partial charge on any atom is 0.111 e. The topological polar surface area (TPSA) is 29.4 Å². The van der Waals surface area contributed by atoms with Crippen molar-refractivity contribution in [2.24, 2.45) is 17.0 Å². The fourth-order valence-corrected chi connectivity index (χ4v) is 2.82. The lowest BCUT2D eigenvalue weighted by molar-refractivity contribution is 0.424. The molecule has 0 aliphatic heterocycles. The number of nitroso groups, excluding NO2 is 1. The van der Waals surface area contributed by atoms with E-state index >= 15 is 0 Å². The molecule has 0 spiro atoms. The van der Waals surface area contributed by atoms with E-state index in [0.29, 0.717) is 11.8 Å². The predicted molar refractivity (Wildman–Crippen MR) is 40.1 cm³/mol. The molecular formula is C7H10ClNO. The number of hydrogen-bond donors (Lipinski definition) is 0. The van der Waals surface area contributed by atoms with Gasteiger partial charge in [-0.25, -0.2) is 0 Å². The van der Waals surface area contributed by atoms with Crippen LogP contribution in [0.1, 0.15) is 19.3 Å². The maximum atomic E-state index is 10.3. The lowest BCUT2D eigenvalue weighted by Gasteiger charge is -2.19. The molecule has 0 saturated heterocycles. The summed E-state index contributed by atoms with van der Waals surface area (Å²) < 4.78 is 0. The molecule has 0 amide bonds. The molecule has 10 heavy (non-hydrogen) atoms. The van der Waals surface area contributed by atoms with Crippen molar-refractivity contribution in [1.82, 2.24) is 0 Å². The number of hydrogen-bond acceptors (Lipinski definition) is 2. The zero-order chi connectivity index (χ0) is 7.14. The van der Waals surface area contributed by atoms with Gasteiger partial charge >= 0.3 is 0 Å². The quantitative estimate of drug-likeness (QED) is 0.426. The molecule has 0 aromatic carbocycles. The van der Waals surface area contributed by atoms with E-state index in [1.807, 2.05) is 0 Å². The van der Waals surface area contributed by atoms with Gasteiger partial charge in [-0.3, -0.25) is 0 Å². The third-order valence-electron chi connectivity index (χ3n) is 2.90. The van der Waals surface area contributed by atoms with E-state index in [2.05, 4.69) is 5.18 Å². The molecule has 2 bridgehead atoms. The number of halogens is 1. The highest BCUT2D eigenvalue weighted by molar-refractivity contribution is 6.21. The fraction of sp³-hybridized carbons (Fsp3) is 1.00. The number of alkyl halides is 1. The van der Waals surface area contributed by atoms with Crippen LogP contribution in [0.5, 0.6) is 0 Å². The largest absolute Gasteiger partial charge is 0.150 e. The Morgan fingerprint density at radius 1 is 1.30 bits per heavy atom. The van der Waals surface area contributed by atoms with Crippen molar-refractivity contribution in [1.29, 1.82) is 0 Å². The van der Waals surface area contributed by atoms with Crippen LogP contribution >= 0.6 is 11.6 Å². The molecule has 56 valence electrons. The summed E-state index contributed by atoms with van der Waals surface area (Å²) in [6, 6.07) is -0.0691. The van der Waals surface area contributed by atoms with Gasteiger partial charge in [-0.05, 0) is 31.1 Å². The lowest BCUT2D eigenvalue weighted by atomic mass is 9.96. The summed E-state index contributed by atoms with van der Waals surface area (Å²) in [4.78, 5) is 10.3. The summed E-state index contributed by atoms with van der Waals surface area (Å²) in [6.07, 6.45) is 3.53. The maximum absolute atomic E-state index is 10.3. The summed E-state index contributed by atoms with van der Waals surface area (Å²) in [5.74, 6) is 1.11. The van der Waals surface area contributed by atoms with Crippen molar-refractivity contribution in [2.75, 3.05) is 0 Å². The van der Waals surface area contributed by atoms with Gasteiger partial charge in [-0.2, -0.15) is 4.91 Å². The van der Waals surface area contributed by atoms with Crippen molar-refractivity contribution >= 4 is 11.6 Å². The minimum absolute atomic E-state index is 0.0521. The highest BCUT2D eigenvalue weighted by Crippen LogP contribution is 2.48. The molecule has 0 heterocycles. The molecule has 2 aliphatic rings. The van der Waals surface area contributed by atoms with Crippen molar-refractivity contribution in [2.45, 2.75) is 30.7 Å². The second kappa shape index (κ2) is 2.19. The summed E-state index contributed by atoms with van der Waals surface area (Å²) >= 11 is 5.98. The molecular weight excluding hydrogens is 150 g/mol. The minimum Gasteiger partial charge on any atom is -0.150 e. The van der Waals surface area contributed by atoms with Gasteiger partial charge < -0.3 is 0 Å². The molecule has 0 radical (unpaired) electrons. The number of rotatable bonds is 1. The van der Waals surface area contributed by atoms with E-state index in [0.717, 1.165) is 6.42 Å². The molecule has 2 aliphatic carbocycles. The monoisotopic (exact) mass is 159 g/mol. The average molecular weight is 160 g/mol. The minimum atomic E-state index is -0.0691. The summed E-state index contributed by atoms with van der Waals surface area (Å²) in [5.41, 5.74) is 0. The van der Waals surface area contributed by atoms with Gasteiger partial charge in [-0.1, -0.05) is 5.18 Å². The summed E-state index contributed by atoms with van der Waals surface area (Å²) in [7, 11) is 0. The molecule has 3 heteroatoms. The van der Waals surface area contributed by atoms with Crippen LogP contribution in [0, 0.1) is 16.7 Å². The van der Waals surface area contributed by atoms with E-state index in [-0.39, 0.29) is 11.4 Å². The first kappa shape index (κ1) is 6.59. The first-order valence-corrected chi connectivity index (χ1v) is 4.23. The Bertz CT molecular complexity index is 160. The van der Waals surface area contributed by atoms with Crippen molar-refractivity contribution < 1.29 is 0 Å². The van der Waals surface area contributed by atoms with Gasteiger partial charge in [0.25, 0.3) is 0 Å². The first-order valence-electron chi connectivity index (χ1n) is 3.79. The van der Waals surface area contributed by atoms with Crippen molar-refractivity contribution in [3.8, 4) is 0 Å². The Hall–Kier alpha value is -0.110. The zero-order valence-corrected chi connectivity index (χ0v) is 6.42. The van der Waals surface area contributed by atoms with Crippen LogP contribution in [-0.4, -0.2) is 11.4 Å². The second-order valence-corrected chi connectivity index (χ2v) is 3.88. The molecule has 2 fully saturated rings. The molecule has 0 N–H and O–H groups in total. The van der Waals surface area contributed by atoms with Gasteiger partial charge in [0.1, 0.15) is 6.04 Å². The third-order valence-corrected chi connectivity index (χ3v) is 3.51. The summed E-state index contributed by atoms with van der Waals surface area (Å²) in [6.45, 7) is 0. The van der Waals surface area contributed by atoms with Crippen LogP contribution in [0.25, 0.3) is 0 Å². The van der Waals surface area contributed by atoms with E-state index in [9.17, 15) is 4.91 Å². The molecule has 0 unspecified atom stereocenters. The van der Waals surface area contributed by atoms with Gasteiger partial charge in [0.2, 0.25) is 0 Å². The zero-order valence-electron chi connectivity index (χ0n) is 5.66. The van der Waals surface area contributed by atoms with E-state index < -0.39 is 0 Å². The Labute approximate surface area is 64.9 Å². The molecule has 2 nitrogen and oxygen atoms in total. The van der Waals surface area contributed by atoms with E-state index in [4.69, 9.17) is 11.6 Å². The molecule has 0 aromatic heterocycles. The van der Waals surface area contributed by atoms with E-state index in [1.54, 1.807) is 0 Å². The van der Waals surface area contributed by atoms with Gasteiger partial charge in [0, 0.05) is 0 Å². The van der Waals surface area contributed by atoms with Crippen LogP contribution in [0.2, 0.25) is 0 Å². The van der Waals surface area contributed by atoms with Crippen molar-refractivity contribution in [3.63, 3.8) is 0 Å². The average Bonchev–Trinajstić information content (AvgIpc) is 2.46. The molecule has 0 aromatic rings. The highest BCUT2D eigenvalue weighted by Gasteiger charge is 2.47. The molecule has 4 atom stereocenters. The van der Waals surface area contributed by atoms with Crippen LogP contribution in [-0.2, 0) is 0 Å². The number of nitrogens with zero attached hydrogens (tertiary/aromatic N) is 1. The fourth-order valence-electron chi connectivity index (χ4n) is 2.34. The van der Waals surface area contributed by atoms with Crippen LogP contribution in [0.15, 0.2) is 5.18 Å². The Morgan fingerprint density at radius 3 is 2.40 bits per heavy atom. The first-order chi connectivity index (χ1) is 4.83. The van der Waals surface area contributed by atoms with Crippen molar-refractivity contribution in [3.05, 3.63) is 4.91 Å². The molecule has 2 saturated carbocycles. The Balaban J connectivity index is 2.16. The standard InChI is InChI=1S/C7H10ClNO/c8-6-4-1-2-5(3-4)7(6)9-10/h4-7H,1-3H2/t4-,5+,6+,7-/m0/s1. The van der Waals surface area contributed by atoms with Gasteiger partial charge in [0.05, 0.1) is 5.38 Å². The van der Waals surface area contributed by atoms with Gasteiger partial charge in [0.15, 0.2) is 0 Å². The van der Waals surface area contributed by atoms with Crippen LogP contribution in [0.4, 0.5) is 0 Å². The second-order valence-electron chi connectivity index (χ2n) is 3.37.